The number of nitrogens with one attached hydrogen (secondary N) is 1. The molecule has 0 amide bonds. The number of hydrogen-bond acceptors (Lipinski definition) is 6. The van der Waals surface area contributed by atoms with Crippen molar-refractivity contribution in [3.8, 4) is 11.4 Å². The predicted octanol–water partition coefficient (Wildman–Crippen LogP) is 3.14. The van der Waals surface area contributed by atoms with Crippen LogP contribution in [0.5, 0.6) is 5.75 Å². The Labute approximate surface area is 148 Å². The first-order valence-electron chi connectivity index (χ1n) is 8.30. The second-order valence-electron chi connectivity index (χ2n) is 6.62. The van der Waals surface area contributed by atoms with E-state index in [0.717, 1.165) is 35.4 Å². The molecule has 25 heavy (non-hydrogen) atoms. The Morgan fingerprint density at radius 3 is 2.96 bits per heavy atom. The topological polar surface area (TPSA) is 66.2 Å². The molecule has 0 radical (unpaired) electrons. The molecular weight excluding hydrogens is 341 g/mol. The van der Waals surface area contributed by atoms with Crippen LogP contribution in [0.25, 0.3) is 16.0 Å². The maximum atomic E-state index is 13.4. The van der Waals surface area contributed by atoms with Gasteiger partial charge in [0.05, 0.1) is 10.9 Å². The maximum absolute atomic E-state index is 13.4. The Morgan fingerprint density at radius 1 is 1.40 bits per heavy atom. The molecule has 4 rings (SSSR count). The quantitative estimate of drug-likeness (QED) is 0.750. The third-order valence-electron chi connectivity index (χ3n) is 4.50. The zero-order valence-corrected chi connectivity index (χ0v) is 15.0. The number of rotatable bonds is 3. The summed E-state index contributed by atoms with van der Waals surface area (Å²) in [6, 6.07) is 2.88. The minimum Gasteiger partial charge on any atom is -0.506 e. The first kappa shape index (κ1) is 16.3. The second-order valence-corrected chi connectivity index (χ2v) is 7.65. The molecule has 1 aliphatic heterocycles. The van der Waals surface area contributed by atoms with E-state index in [1.165, 1.54) is 12.5 Å². The van der Waals surface area contributed by atoms with Gasteiger partial charge < -0.3 is 15.3 Å². The van der Waals surface area contributed by atoms with Crippen molar-refractivity contribution < 1.29 is 9.50 Å². The predicted molar refractivity (Wildman–Crippen MR) is 97.2 cm³/mol. The summed E-state index contributed by atoms with van der Waals surface area (Å²) >= 11 is 1.54. The smallest absolute Gasteiger partial charge is 0.194 e. The molecule has 0 aliphatic carbocycles. The van der Waals surface area contributed by atoms with Gasteiger partial charge in [0.15, 0.2) is 10.8 Å². The lowest BCUT2D eigenvalue weighted by molar-refractivity contribution is 0.261. The summed E-state index contributed by atoms with van der Waals surface area (Å²) in [6.07, 6.45) is 4.15. The Morgan fingerprint density at radius 2 is 2.24 bits per heavy atom. The average molecular weight is 361 g/mol. The molecular formula is C17H20FN5OS. The number of phenols is 1. The molecule has 8 heteroatoms. The molecule has 2 aromatic heterocycles. The van der Waals surface area contributed by atoms with Crippen LogP contribution in [0.2, 0.25) is 0 Å². The monoisotopic (exact) mass is 361 g/mol. The first-order valence-corrected chi connectivity index (χ1v) is 9.12. The van der Waals surface area contributed by atoms with Crippen LogP contribution in [0.15, 0.2) is 18.3 Å². The van der Waals surface area contributed by atoms with E-state index in [9.17, 15) is 9.50 Å². The van der Waals surface area contributed by atoms with Gasteiger partial charge in [-0.1, -0.05) is 11.3 Å². The third kappa shape index (κ3) is 3.19. The summed E-state index contributed by atoms with van der Waals surface area (Å²) in [4.78, 5) is 6.88. The molecule has 1 fully saturated rings. The van der Waals surface area contributed by atoms with Crippen molar-refractivity contribution >= 4 is 26.8 Å². The van der Waals surface area contributed by atoms with Crippen molar-refractivity contribution in [1.29, 1.82) is 0 Å². The molecule has 6 nitrogen and oxygen atoms in total. The van der Waals surface area contributed by atoms with E-state index in [1.807, 2.05) is 6.20 Å². The molecule has 0 bridgehead atoms. The van der Waals surface area contributed by atoms with Crippen molar-refractivity contribution in [2.45, 2.75) is 25.8 Å². The number of piperidine rings is 1. The van der Waals surface area contributed by atoms with Gasteiger partial charge in [-0.3, -0.25) is 0 Å². The van der Waals surface area contributed by atoms with E-state index >= 15 is 0 Å². The molecule has 1 atom stereocenters. The maximum Gasteiger partial charge on any atom is 0.194 e. The number of nitrogens with zero attached hydrogens (tertiary/aromatic N) is 4. The van der Waals surface area contributed by atoms with Crippen molar-refractivity contribution in [2.75, 3.05) is 25.5 Å². The largest absolute Gasteiger partial charge is 0.506 e. The summed E-state index contributed by atoms with van der Waals surface area (Å²) in [5.74, 6) is -0.592. The number of likely N-dealkylation sites (N-methyl/N-ethyl adjacent to an activating group) is 1. The van der Waals surface area contributed by atoms with E-state index in [1.54, 1.807) is 22.9 Å². The zero-order chi connectivity index (χ0) is 17.6. The Balaban J connectivity index is 1.60. The van der Waals surface area contributed by atoms with Crippen molar-refractivity contribution in [1.82, 2.24) is 19.7 Å². The molecule has 3 heterocycles. The van der Waals surface area contributed by atoms with Crippen molar-refractivity contribution in [3.63, 3.8) is 0 Å². The molecule has 3 aromatic rings. The highest BCUT2D eigenvalue weighted by molar-refractivity contribution is 7.22. The average Bonchev–Trinajstić information content (AvgIpc) is 3.04. The summed E-state index contributed by atoms with van der Waals surface area (Å²) < 4.78 is 15.9. The normalized spacial score (nSPS) is 18.8. The van der Waals surface area contributed by atoms with Gasteiger partial charge in [-0.25, -0.2) is 9.07 Å². The molecule has 1 unspecified atom stereocenters. The number of aryl methyl sites for hydroxylation is 1. The van der Waals surface area contributed by atoms with Crippen LogP contribution in [0.3, 0.4) is 0 Å². The lowest BCUT2D eigenvalue weighted by atomic mass is 10.1. The Kier molecular flexibility index (Phi) is 4.09. The third-order valence-corrected chi connectivity index (χ3v) is 5.41. The fraction of sp³-hybridized carbons (Fsp3) is 0.412. The lowest BCUT2D eigenvalue weighted by Crippen LogP contribution is -2.39. The highest BCUT2D eigenvalue weighted by Gasteiger charge is 2.19. The van der Waals surface area contributed by atoms with Gasteiger partial charge in [0.2, 0.25) is 0 Å². The fourth-order valence-corrected chi connectivity index (χ4v) is 4.27. The second kappa shape index (κ2) is 6.27. The van der Waals surface area contributed by atoms with Crippen LogP contribution in [-0.2, 0) is 0 Å². The lowest BCUT2D eigenvalue weighted by Gasteiger charge is -2.29. The summed E-state index contributed by atoms with van der Waals surface area (Å²) in [5, 5.41) is 18.9. The van der Waals surface area contributed by atoms with E-state index < -0.39 is 5.82 Å². The van der Waals surface area contributed by atoms with Crippen LogP contribution < -0.4 is 5.32 Å². The number of benzene rings is 1. The number of fused-ring (bicyclic) bond motifs is 1. The van der Waals surface area contributed by atoms with Crippen molar-refractivity contribution in [3.05, 3.63) is 29.7 Å². The van der Waals surface area contributed by atoms with Gasteiger partial charge in [0, 0.05) is 18.7 Å². The fourth-order valence-electron chi connectivity index (χ4n) is 3.37. The molecule has 1 saturated heterocycles. The standard InChI is InChI=1S/C17H20FN5OS/c1-10-6-11(18)7-13(24)15(10)23-9-14-16(21-23)20-17(25-14)19-12-4-3-5-22(2)8-12/h6-7,9,12,24H,3-5,8H2,1-2H3,(H,19,20,21). The van der Waals surface area contributed by atoms with E-state index in [0.29, 0.717) is 22.9 Å². The molecule has 0 spiro atoms. The molecule has 1 aromatic carbocycles. The van der Waals surface area contributed by atoms with E-state index in [4.69, 9.17) is 0 Å². The number of thiazole rings is 1. The zero-order valence-electron chi connectivity index (χ0n) is 14.2. The van der Waals surface area contributed by atoms with Gasteiger partial charge in [0.1, 0.15) is 17.3 Å². The van der Waals surface area contributed by atoms with E-state index in [-0.39, 0.29) is 5.75 Å². The van der Waals surface area contributed by atoms with Crippen LogP contribution >= 0.6 is 11.3 Å². The van der Waals surface area contributed by atoms with Gasteiger partial charge >= 0.3 is 0 Å². The van der Waals surface area contributed by atoms with Crippen LogP contribution in [0, 0.1) is 12.7 Å². The number of phenolic OH excluding ortho intramolecular Hbond substituents is 1. The van der Waals surface area contributed by atoms with Crippen LogP contribution in [0.1, 0.15) is 18.4 Å². The summed E-state index contributed by atoms with van der Waals surface area (Å²) in [7, 11) is 2.13. The van der Waals surface area contributed by atoms with Gasteiger partial charge in [-0.05, 0) is 45.0 Å². The minimum absolute atomic E-state index is 0.128. The summed E-state index contributed by atoms with van der Waals surface area (Å²) in [6.45, 7) is 3.90. The first-order chi connectivity index (χ1) is 12.0. The number of hydrogen-bond donors (Lipinski definition) is 2. The van der Waals surface area contributed by atoms with Crippen LogP contribution in [0.4, 0.5) is 9.52 Å². The van der Waals surface area contributed by atoms with Crippen molar-refractivity contribution in [2.24, 2.45) is 0 Å². The molecule has 0 saturated carbocycles. The molecule has 2 N–H and O–H groups in total. The minimum atomic E-state index is -0.463. The number of halogens is 1. The van der Waals surface area contributed by atoms with Gasteiger partial charge in [0.25, 0.3) is 0 Å². The molecule has 132 valence electrons. The summed E-state index contributed by atoms with van der Waals surface area (Å²) in [5.41, 5.74) is 1.73. The number of anilines is 1. The number of aromatic hydroxyl groups is 1. The van der Waals surface area contributed by atoms with Gasteiger partial charge in [-0.15, -0.1) is 5.10 Å². The van der Waals surface area contributed by atoms with Crippen LogP contribution in [-0.4, -0.2) is 50.9 Å². The number of aromatic nitrogens is 3. The highest BCUT2D eigenvalue weighted by atomic mass is 32.1. The van der Waals surface area contributed by atoms with Gasteiger partial charge in [-0.2, -0.15) is 4.98 Å². The SMILES string of the molecule is Cc1cc(F)cc(O)c1-n1cc2sc(NC3CCCN(C)C3)nc2n1. The molecule has 1 aliphatic rings. The Bertz CT molecular complexity index is 867. The Hall–Kier alpha value is -2.19. The van der Waals surface area contributed by atoms with E-state index in [2.05, 4.69) is 27.3 Å². The highest BCUT2D eigenvalue weighted by Crippen LogP contribution is 2.31. The number of likely N-dealkylation sites (tertiary alicyclic amines) is 1.